The highest BCUT2D eigenvalue weighted by Gasteiger charge is 2.24. The number of benzene rings is 1. The molecule has 0 N–H and O–H groups in total. The first kappa shape index (κ1) is 12.6. The zero-order chi connectivity index (χ0) is 12.3. The normalized spacial score (nSPS) is 9.94. The molecule has 16 heavy (non-hydrogen) atoms. The number of halogens is 1. The number of Topliss-reactive ketones (excluding diaryl/α,β-unsaturated/α-hetero) is 1. The predicted molar refractivity (Wildman–Crippen MR) is 62.0 cm³/mol. The Balaban J connectivity index is 3.49. The Kier molecular flexibility index (Phi) is 4.00. The van der Waals surface area contributed by atoms with E-state index < -0.39 is 10.7 Å². The van der Waals surface area contributed by atoms with E-state index in [0.717, 1.165) is 0 Å². The van der Waals surface area contributed by atoms with E-state index in [2.05, 4.69) is 15.9 Å². The van der Waals surface area contributed by atoms with E-state index in [-0.39, 0.29) is 17.0 Å². The van der Waals surface area contributed by atoms with Crippen LogP contribution in [0.15, 0.2) is 16.6 Å². The van der Waals surface area contributed by atoms with Gasteiger partial charge in [-0.25, -0.2) is 0 Å². The van der Waals surface area contributed by atoms with Gasteiger partial charge in [-0.1, -0.05) is 0 Å². The van der Waals surface area contributed by atoms with E-state index >= 15 is 0 Å². The second-order valence-electron chi connectivity index (χ2n) is 3.02. The Hall–Kier alpha value is -1.43. The summed E-state index contributed by atoms with van der Waals surface area (Å²) in [7, 11) is 0. The Labute approximate surface area is 101 Å². The van der Waals surface area contributed by atoms with Gasteiger partial charge in [0, 0.05) is 6.07 Å². The monoisotopic (exact) mass is 287 g/mol. The first-order valence-electron chi connectivity index (χ1n) is 4.59. The lowest BCUT2D eigenvalue weighted by molar-refractivity contribution is -0.385. The van der Waals surface area contributed by atoms with Gasteiger partial charge < -0.3 is 4.74 Å². The first-order chi connectivity index (χ1) is 7.49. The molecule has 0 spiro atoms. The number of carbonyl (C=O) groups excluding carboxylic acids is 1. The van der Waals surface area contributed by atoms with Gasteiger partial charge in [0.15, 0.2) is 11.5 Å². The number of ketones is 1. The fraction of sp³-hybridized carbons (Fsp3) is 0.300. The lowest BCUT2D eigenvalue weighted by atomic mass is 10.1. The van der Waals surface area contributed by atoms with Crippen molar-refractivity contribution in [3.8, 4) is 5.75 Å². The zero-order valence-electron chi connectivity index (χ0n) is 8.82. The van der Waals surface area contributed by atoms with Crippen molar-refractivity contribution in [3.63, 3.8) is 0 Å². The summed E-state index contributed by atoms with van der Waals surface area (Å²) in [6, 6.07) is 2.78. The molecule has 0 aliphatic carbocycles. The number of carbonyl (C=O) groups is 1. The molecule has 0 fully saturated rings. The van der Waals surface area contributed by atoms with E-state index in [1.165, 1.54) is 19.1 Å². The maximum Gasteiger partial charge on any atom is 0.284 e. The number of nitro benzene ring substituents is 1. The Bertz CT molecular complexity index is 445. The van der Waals surface area contributed by atoms with Crippen molar-refractivity contribution in [2.24, 2.45) is 0 Å². The topological polar surface area (TPSA) is 69.4 Å². The van der Waals surface area contributed by atoms with Crippen LogP contribution in [0.5, 0.6) is 5.75 Å². The van der Waals surface area contributed by atoms with E-state index in [1.54, 1.807) is 6.92 Å². The van der Waals surface area contributed by atoms with Crippen LogP contribution in [0.25, 0.3) is 0 Å². The molecular weight excluding hydrogens is 278 g/mol. The standard InChI is InChI=1S/C10H10BrNO4/c1-3-16-10-7(11)4-5-8(12(14)15)9(10)6(2)13/h4-5H,3H2,1-2H3. The average molecular weight is 288 g/mol. The summed E-state index contributed by atoms with van der Waals surface area (Å²) in [5.41, 5.74) is -0.236. The van der Waals surface area contributed by atoms with Gasteiger partial charge in [-0.3, -0.25) is 14.9 Å². The molecule has 1 rings (SSSR count). The molecule has 0 aliphatic heterocycles. The number of rotatable bonds is 4. The molecule has 5 nitrogen and oxygen atoms in total. The molecule has 0 aliphatic rings. The van der Waals surface area contributed by atoms with Crippen LogP contribution in [0.3, 0.4) is 0 Å². The summed E-state index contributed by atoms with van der Waals surface area (Å²) < 4.78 is 5.78. The van der Waals surface area contributed by atoms with E-state index in [0.29, 0.717) is 11.1 Å². The summed E-state index contributed by atoms with van der Waals surface area (Å²) in [5.74, 6) is -0.166. The minimum absolute atomic E-state index is 0.00113. The molecule has 6 heteroatoms. The molecule has 86 valence electrons. The third kappa shape index (κ3) is 2.38. The lowest BCUT2D eigenvalue weighted by Gasteiger charge is -2.10. The predicted octanol–water partition coefficient (Wildman–Crippen LogP) is 2.96. The molecule has 0 amide bonds. The second-order valence-corrected chi connectivity index (χ2v) is 3.87. The lowest BCUT2D eigenvalue weighted by Crippen LogP contribution is -2.05. The van der Waals surface area contributed by atoms with Crippen molar-refractivity contribution in [3.05, 3.63) is 32.3 Å². The summed E-state index contributed by atoms with van der Waals surface area (Å²) in [4.78, 5) is 21.6. The van der Waals surface area contributed by atoms with Crippen LogP contribution < -0.4 is 4.74 Å². The van der Waals surface area contributed by atoms with Crippen molar-refractivity contribution in [1.82, 2.24) is 0 Å². The maximum absolute atomic E-state index is 11.4. The average Bonchev–Trinajstić information content (AvgIpc) is 2.20. The molecule has 0 bridgehead atoms. The van der Waals surface area contributed by atoms with Crippen molar-refractivity contribution in [1.29, 1.82) is 0 Å². The first-order valence-corrected chi connectivity index (χ1v) is 5.39. The molecule has 0 saturated carbocycles. The molecule has 1 aromatic carbocycles. The highest BCUT2D eigenvalue weighted by atomic mass is 79.9. The van der Waals surface area contributed by atoms with Gasteiger partial charge >= 0.3 is 0 Å². The van der Waals surface area contributed by atoms with Crippen LogP contribution in [-0.4, -0.2) is 17.3 Å². The van der Waals surface area contributed by atoms with Crippen LogP contribution >= 0.6 is 15.9 Å². The highest BCUT2D eigenvalue weighted by Crippen LogP contribution is 2.35. The van der Waals surface area contributed by atoms with E-state index in [9.17, 15) is 14.9 Å². The zero-order valence-corrected chi connectivity index (χ0v) is 10.4. The van der Waals surface area contributed by atoms with Gasteiger partial charge in [0.25, 0.3) is 5.69 Å². The van der Waals surface area contributed by atoms with E-state index in [1.807, 2.05) is 0 Å². The fourth-order valence-corrected chi connectivity index (χ4v) is 1.77. The molecule has 0 unspecified atom stereocenters. The van der Waals surface area contributed by atoms with Crippen molar-refractivity contribution >= 4 is 27.4 Å². The molecule has 0 aromatic heterocycles. The summed E-state index contributed by atoms with van der Waals surface area (Å²) in [5, 5.41) is 10.8. The SMILES string of the molecule is CCOc1c(Br)ccc([N+](=O)[O-])c1C(C)=O. The van der Waals surface area contributed by atoms with Crippen molar-refractivity contribution in [2.45, 2.75) is 13.8 Å². The second kappa shape index (κ2) is 5.07. The summed E-state index contributed by atoms with van der Waals surface area (Å²) in [6.45, 7) is 3.35. The van der Waals surface area contributed by atoms with E-state index in [4.69, 9.17) is 4.74 Å². The van der Waals surface area contributed by atoms with Gasteiger partial charge in [-0.05, 0) is 35.8 Å². The number of nitrogens with zero attached hydrogens (tertiary/aromatic N) is 1. The number of hydrogen-bond acceptors (Lipinski definition) is 4. The fourth-order valence-electron chi connectivity index (χ4n) is 1.32. The van der Waals surface area contributed by atoms with Gasteiger partial charge in [0.1, 0.15) is 5.56 Å². The smallest absolute Gasteiger partial charge is 0.284 e. The summed E-state index contributed by atoms with van der Waals surface area (Å²) in [6.07, 6.45) is 0. The molecular formula is C10H10BrNO4. The van der Waals surface area contributed by atoms with Gasteiger partial charge in [0.2, 0.25) is 0 Å². The van der Waals surface area contributed by atoms with Crippen LogP contribution in [0.1, 0.15) is 24.2 Å². The van der Waals surface area contributed by atoms with Gasteiger partial charge in [0.05, 0.1) is 16.0 Å². The quantitative estimate of drug-likeness (QED) is 0.485. The van der Waals surface area contributed by atoms with Crippen LogP contribution in [0, 0.1) is 10.1 Å². The minimum Gasteiger partial charge on any atom is -0.492 e. The third-order valence-corrected chi connectivity index (χ3v) is 2.55. The number of ether oxygens (including phenoxy) is 1. The molecule has 1 aromatic rings. The van der Waals surface area contributed by atoms with Gasteiger partial charge in [-0.2, -0.15) is 0 Å². The Morgan fingerprint density at radius 1 is 1.56 bits per heavy atom. The number of hydrogen-bond donors (Lipinski definition) is 0. The summed E-state index contributed by atoms with van der Waals surface area (Å²) >= 11 is 3.20. The molecule has 0 radical (unpaired) electrons. The van der Waals surface area contributed by atoms with Gasteiger partial charge in [-0.15, -0.1) is 0 Å². The highest BCUT2D eigenvalue weighted by molar-refractivity contribution is 9.10. The molecule has 0 atom stereocenters. The van der Waals surface area contributed by atoms with Crippen LogP contribution in [0.2, 0.25) is 0 Å². The Morgan fingerprint density at radius 2 is 2.19 bits per heavy atom. The maximum atomic E-state index is 11.4. The van der Waals surface area contributed by atoms with Crippen LogP contribution in [-0.2, 0) is 0 Å². The van der Waals surface area contributed by atoms with Crippen LogP contribution in [0.4, 0.5) is 5.69 Å². The van der Waals surface area contributed by atoms with Crippen molar-refractivity contribution in [2.75, 3.05) is 6.61 Å². The van der Waals surface area contributed by atoms with Crippen molar-refractivity contribution < 1.29 is 14.5 Å². The Morgan fingerprint density at radius 3 is 2.62 bits per heavy atom. The third-order valence-electron chi connectivity index (χ3n) is 1.93. The molecule has 0 saturated heterocycles. The largest absolute Gasteiger partial charge is 0.492 e. The molecule has 0 heterocycles. The minimum atomic E-state index is -0.592. The number of nitro groups is 1.